The third-order valence-corrected chi connectivity index (χ3v) is 4.52. The van der Waals surface area contributed by atoms with Crippen molar-refractivity contribution >= 4 is 15.9 Å². The van der Waals surface area contributed by atoms with Crippen LogP contribution in [0.5, 0.6) is 5.75 Å². The Morgan fingerprint density at radius 2 is 1.89 bits per heavy atom. The molecule has 0 saturated heterocycles. The van der Waals surface area contributed by atoms with Crippen molar-refractivity contribution < 1.29 is 4.74 Å². The summed E-state index contributed by atoms with van der Waals surface area (Å²) in [7, 11) is 0. The van der Waals surface area contributed by atoms with Gasteiger partial charge in [-0.15, -0.1) is 0 Å². The summed E-state index contributed by atoms with van der Waals surface area (Å²) in [6.07, 6.45) is 0. The number of hydrogen-bond acceptors (Lipinski definition) is 1. The second kappa shape index (κ2) is 4.68. The van der Waals surface area contributed by atoms with Crippen LogP contribution in [0.2, 0.25) is 0 Å². The molecule has 0 spiro atoms. The van der Waals surface area contributed by atoms with E-state index in [2.05, 4.69) is 67.0 Å². The van der Waals surface area contributed by atoms with Gasteiger partial charge in [0, 0.05) is 16.0 Å². The lowest BCUT2D eigenvalue weighted by molar-refractivity contribution is 0.341. The van der Waals surface area contributed by atoms with Gasteiger partial charge in [0.25, 0.3) is 0 Å². The maximum Gasteiger partial charge on any atom is 0.126 e. The quantitative estimate of drug-likeness (QED) is 0.727. The molecule has 1 aliphatic heterocycles. The highest BCUT2D eigenvalue weighted by molar-refractivity contribution is 9.10. The molecular formula is C17H17BrO. The van der Waals surface area contributed by atoms with Gasteiger partial charge in [-0.2, -0.15) is 0 Å². The molecule has 0 fully saturated rings. The summed E-state index contributed by atoms with van der Waals surface area (Å²) in [4.78, 5) is 0. The van der Waals surface area contributed by atoms with E-state index in [1.54, 1.807) is 0 Å². The second-order valence-corrected chi connectivity index (χ2v) is 6.21. The van der Waals surface area contributed by atoms with E-state index >= 15 is 0 Å². The van der Waals surface area contributed by atoms with Crippen LogP contribution in [0.25, 0.3) is 0 Å². The molecule has 0 bridgehead atoms. The molecule has 2 aromatic rings. The number of benzene rings is 2. The Kier molecular flexibility index (Phi) is 3.14. The maximum absolute atomic E-state index is 5.98. The molecular weight excluding hydrogens is 300 g/mol. The molecule has 2 heteroatoms. The van der Waals surface area contributed by atoms with Gasteiger partial charge in [-0.05, 0) is 55.2 Å². The predicted octanol–water partition coefficient (Wildman–Crippen LogP) is 4.90. The fraction of sp³-hybridized carbons (Fsp3) is 0.294. The number of fused-ring (bicyclic) bond motifs is 1. The van der Waals surface area contributed by atoms with Gasteiger partial charge in [-0.25, -0.2) is 0 Å². The number of halogens is 1. The Morgan fingerprint density at radius 3 is 2.63 bits per heavy atom. The molecule has 0 radical (unpaired) electrons. The van der Waals surface area contributed by atoms with E-state index in [0.29, 0.717) is 5.92 Å². The van der Waals surface area contributed by atoms with E-state index < -0.39 is 0 Å². The summed E-state index contributed by atoms with van der Waals surface area (Å²) >= 11 is 3.55. The van der Waals surface area contributed by atoms with Crippen molar-refractivity contribution in [3.05, 3.63) is 62.6 Å². The largest absolute Gasteiger partial charge is 0.492 e. The van der Waals surface area contributed by atoms with Crippen molar-refractivity contribution in [2.24, 2.45) is 0 Å². The zero-order valence-electron chi connectivity index (χ0n) is 11.5. The van der Waals surface area contributed by atoms with Crippen LogP contribution in [0, 0.1) is 20.8 Å². The van der Waals surface area contributed by atoms with Gasteiger partial charge in [0.15, 0.2) is 0 Å². The van der Waals surface area contributed by atoms with Gasteiger partial charge in [0.1, 0.15) is 5.75 Å². The zero-order chi connectivity index (χ0) is 13.6. The van der Waals surface area contributed by atoms with Gasteiger partial charge < -0.3 is 4.74 Å². The number of hydrogen-bond donors (Lipinski definition) is 0. The molecule has 98 valence electrons. The van der Waals surface area contributed by atoms with Crippen molar-refractivity contribution in [3.8, 4) is 5.75 Å². The molecule has 1 heterocycles. The van der Waals surface area contributed by atoms with E-state index in [4.69, 9.17) is 4.74 Å². The van der Waals surface area contributed by atoms with Gasteiger partial charge in [0.2, 0.25) is 0 Å². The first-order valence-electron chi connectivity index (χ1n) is 6.57. The Morgan fingerprint density at radius 1 is 1.11 bits per heavy atom. The highest BCUT2D eigenvalue weighted by Crippen LogP contribution is 2.43. The first-order valence-corrected chi connectivity index (χ1v) is 7.36. The van der Waals surface area contributed by atoms with Crippen molar-refractivity contribution in [2.45, 2.75) is 26.7 Å². The molecule has 0 aromatic heterocycles. The lowest BCUT2D eigenvalue weighted by Gasteiger charge is -2.14. The van der Waals surface area contributed by atoms with Gasteiger partial charge >= 0.3 is 0 Å². The summed E-state index contributed by atoms with van der Waals surface area (Å²) in [5.41, 5.74) is 6.60. The van der Waals surface area contributed by atoms with Crippen molar-refractivity contribution in [1.82, 2.24) is 0 Å². The summed E-state index contributed by atoms with van der Waals surface area (Å²) in [5, 5.41) is 0. The average molecular weight is 317 g/mol. The standard InChI is InChI=1S/C17H17BrO/c1-10-7-11(2)16-15(9-19-17(16)12(10)3)13-5-4-6-14(18)8-13/h4-8,15H,9H2,1-3H3/t15-/m1/s1. The maximum atomic E-state index is 5.98. The number of aryl methyl sites for hydroxylation is 2. The molecule has 0 N–H and O–H groups in total. The van der Waals surface area contributed by atoms with E-state index in [1.165, 1.54) is 27.8 Å². The van der Waals surface area contributed by atoms with Gasteiger partial charge in [-0.1, -0.05) is 34.1 Å². The Balaban J connectivity index is 2.15. The third-order valence-electron chi connectivity index (χ3n) is 4.03. The van der Waals surface area contributed by atoms with E-state index in [-0.39, 0.29) is 0 Å². The van der Waals surface area contributed by atoms with Crippen LogP contribution >= 0.6 is 15.9 Å². The molecule has 0 aliphatic carbocycles. The Hall–Kier alpha value is -1.28. The molecule has 0 saturated carbocycles. The van der Waals surface area contributed by atoms with Gasteiger partial charge in [0.05, 0.1) is 6.61 Å². The Labute approximate surface area is 122 Å². The zero-order valence-corrected chi connectivity index (χ0v) is 13.0. The molecule has 19 heavy (non-hydrogen) atoms. The summed E-state index contributed by atoms with van der Waals surface area (Å²) in [5.74, 6) is 1.45. The number of rotatable bonds is 1. The molecule has 3 rings (SSSR count). The topological polar surface area (TPSA) is 9.23 Å². The van der Waals surface area contributed by atoms with Crippen LogP contribution in [-0.4, -0.2) is 6.61 Å². The highest BCUT2D eigenvalue weighted by atomic mass is 79.9. The SMILES string of the molecule is Cc1cc(C)c2c(c1C)OC[C@@H]2c1cccc(Br)c1. The first-order chi connectivity index (χ1) is 9.08. The first kappa shape index (κ1) is 12.7. The van der Waals surface area contributed by atoms with E-state index in [1.807, 2.05) is 0 Å². The fourth-order valence-electron chi connectivity index (χ4n) is 2.93. The molecule has 1 aliphatic rings. The smallest absolute Gasteiger partial charge is 0.126 e. The normalized spacial score (nSPS) is 17.2. The molecule has 1 atom stereocenters. The molecule has 0 amide bonds. The van der Waals surface area contributed by atoms with Crippen LogP contribution in [-0.2, 0) is 0 Å². The van der Waals surface area contributed by atoms with Crippen LogP contribution in [0.3, 0.4) is 0 Å². The van der Waals surface area contributed by atoms with Crippen LogP contribution < -0.4 is 4.74 Å². The fourth-order valence-corrected chi connectivity index (χ4v) is 3.34. The number of ether oxygens (including phenoxy) is 1. The molecule has 2 aromatic carbocycles. The van der Waals surface area contributed by atoms with Crippen molar-refractivity contribution in [3.63, 3.8) is 0 Å². The van der Waals surface area contributed by atoms with Crippen LogP contribution in [0.4, 0.5) is 0 Å². The summed E-state index contributed by atoms with van der Waals surface area (Å²) in [6.45, 7) is 7.23. The van der Waals surface area contributed by atoms with Crippen LogP contribution in [0.15, 0.2) is 34.8 Å². The van der Waals surface area contributed by atoms with Crippen LogP contribution in [0.1, 0.15) is 33.7 Å². The minimum atomic E-state index is 0.354. The summed E-state index contributed by atoms with van der Waals surface area (Å²) < 4.78 is 7.11. The lowest BCUT2D eigenvalue weighted by atomic mass is 9.88. The van der Waals surface area contributed by atoms with Crippen molar-refractivity contribution in [1.29, 1.82) is 0 Å². The minimum Gasteiger partial charge on any atom is -0.492 e. The third kappa shape index (κ3) is 2.08. The average Bonchev–Trinajstić information content (AvgIpc) is 2.81. The lowest BCUT2D eigenvalue weighted by Crippen LogP contribution is -2.03. The van der Waals surface area contributed by atoms with E-state index in [0.717, 1.165) is 16.8 Å². The Bertz CT molecular complexity index is 646. The summed E-state index contributed by atoms with van der Waals surface area (Å²) in [6, 6.07) is 10.8. The van der Waals surface area contributed by atoms with Crippen molar-refractivity contribution in [2.75, 3.05) is 6.61 Å². The highest BCUT2D eigenvalue weighted by Gasteiger charge is 2.29. The van der Waals surface area contributed by atoms with Gasteiger partial charge in [-0.3, -0.25) is 0 Å². The second-order valence-electron chi connectivity index (χ2n) is 5.30. The predicted molar refractivity (Wildman–Crippen MR) is 82.1 cm³/mol. The monoisotopic (exact) mass is 316 g/mol. The minimum absolute atomic E-state index is 0.354. The van der Waals surface area contributed by atoms with E-state index in [9.17, 15) is 0 Å². The molecule has 0 unspecified atom stereocenters. The molecule has 1 nitrogen and oxygen atoms in total.